The summed E-state index contributed by atoms with van der Waals surface area (Å²) in [4.78, 5) is 10.8. The maximum absolute atomic E-state index is 10.8. The molecule has 0 aliphatic heterocycles. The minimum atomic E-state index is 0.297. The van der Waals surface area contributed by atoms with Gasteiger partial charge in [-0.3, -0.25) is 0 Å². The van der Waals surface area contributed by atoms with Crippen molar-refractivity contribution >= 4 is 5.78 Å². The highest BCUT2D eigenvalue weighted by molar-refractivity contribution is 5.75. The first-order valence-electron chi connectivity index (χ1n) is 5.65. The summed E-state index contributed by atoms with van der Waals surface area (Å²) in [7, 11) is 0. The van der Waals surface area contributed by atoms with Gasteiger partial charge in [0, 0.05) is 6.42 Å². The van der Waals surface area contributed by atoms with Gasteiger partial charge in [-0.1, -0.05) is 36.8 Å². The van der Waals surface area contributed by atoms with Crippen LogP contribution in [0.4, 0.5) is 0 Å². The Kier molecular flexibility index (Phi) is 4.54. The highest BCUT2D eigenvalue weighted by Gasteiger charge is 2.05. The molecule has 0 saturated carbocycles. The lowest BCUT2D eigenvalue weighted by molar-refractivity contribution is -0.117. The van der Waals surface area contributed by atoms with Crippen LogP contribution in [0.3, 0.4) is 0 Å². The molecule has 0 radical (unpaired) electrons. The third-order valence-corrected chi connectivity index (χ3v) is 2.81. The van der Waals surface area contributed by atoms with Crippen LogP contribution in [0.5, 0.6) is 0 Å². The van der Waals surface area contributed by atoms with Crippen molar-refractivity contribution in [1.82, 2.24) is 0 Å². The van der Waals surface area contributed by atoms with Gasteiger partial charge in [-0.25, -0.2) is 0 Å². The Hall–Kier alpha value is -1.11. The normalized spacial score (nSPS) is 12.5. The minimum Gasteiger partial charge on any atom is -0.300 e. The molecule has 0 N–H and O–H groups in total. The molecular formula is C14H20O. The maximum atomic E-state index is 10.8. The van der Waals surface area contributed by atoms with Gasteiger partial charge in [-0.15, -0.1) is 0 Å². The predicted molar refractivity (Wildman–Crippen MR) is 64.1 cm³/mol. The van der Waals surface area contributed by atoms with Gasteiger partial charge in [-0.05, 0) is 38.2 Å². The van der Waals surface area contributed by atoms with Gasteiger partial charge in [-0.2, -0.15) is 0 Å². The van der Waals surface area contributed by atoms with Gasteiger partial charge in [0.2, 0.25) is 0 Å². The van der Waals surface area contributed by atoms with E-state index in [9.17, 15) is 4.79 Å². The molecule has 1 aromatic carbocycles. The van der Waals surface area contributed by atoms with Crippen LogP contribution in [0.25, 0.3) is 0 Å². The molecule has 1 heteroatoms. The Morgan fingerprint density at radius 3 is 2.40 bits per heavy atom. The van der Waals surface area contributed by atoms with Gasteiger partial charge >= 0.3 is 0 Å². The van der Waals surface area contributed by atoms with Crippen LogP contribution in [0.1, 0.15) is 50.2 Å². The number of rotatable bonds is 5. The van der Waals surface area contributed by atoms with E-state index in [1.54, 1.807) is 6.92 Å². The molecule has 0 spiro atoms. The van der Waals surface area contributed by atoms with E-state index < -0.39 is 0 Å². The number of hydrogen-bond acceptors (Lipinski definition) is 1. The summed E-state index contributed by atoms with van der Waals surface area (Å²) in [6, 6.07) is 8.68. The third-order valence-electron chi connectivity index (χ3n) is 2.81. The standard InChI is InChI=1S/C14H20O/c1-11-7-9-14(10-8-11)12(2)5-4-6-13(3)15/h7-10,12H,4-6H2,1-3H3. The van der Waals surface area contributed by atoms with Crippen molar-refractivity contribution < 1.29 is 4.79 Å². The largest absolute Gasteiger partial charge is 0.300 e. The van der Waals surface area contributed by atoms with Crippen LogP contribution in [0.15, 0.2) is 24.3 Å². The fourth-order valence-corrected chi connectivity index (χ4v) is 1.72. The van der Waals surface area contributed by atoms with E-state index in [2.05, 4.69) is 38.1 Å². The summed E-state index contributed by atoms with van der Waals surface area (Å²) in [5.74, 6) is 0.857. The number of Topliss-reactive ketones (excluding diaryl/α,β-unsaturated/α-hetero) is 1. The predicted octanol–water partition coefficient (Wildman–Crippen LogP) is 3.86. The average Bonchev–Trinajstić information content (AvgIpc) is 2.18. The summed E-state index contributed by atoms with van der Waals surface area (Å²) in [5.41, 5.74) is 2.68. The first-order valence-corrected chi connectivity index (χ1v) is 5.65. The van der Waals surface area contributed by atoms with Crippen molar-refractivity contribution in [3.05, 3.63) is 35.4 Å². The van der Waals surface area contributed by atoms with Gasteiger partial charge in [0.15, 0.2) is 0 Å². The fourth-order valence-electron chi connectivity index (χ4n) is 1.72. The summed E-state index contributed by atoms with van der Waals surface area (Å²) in [5, 5.41) is 0. The summed E-state index contributed by atoms with van der Waals surface area (Å²) < 4.78 is 0. The van der Waals surface area contributed by atoms with E-state index in [4.69, 9.17) is 0 Å². The number of carbonyl (C=O) groups excluding carboxylic acids is 1. The van der Waals surface area contributed by atoms with E-state index in [1.807, 2.05) is 0 Å². The summed E-state index contributed by atoms with van der Waals surface area (Å²) in [6.07, 6.45) is 2.82. The number of benzene rings is 1. The smallest absolute Gasteiger partial charge is 0.129 e. The molecule has 0 heterocycles. The van der Waals surface area contributed by atoms with E-state index in [1.165, 1.54) is 11.1 Å². The molecule has 0 bridgehead atoms. The van der Waals surface area contributed by atoms with Crippen molar-refractivity contribution in [2.45, 2.75) is 46.0 Å². The number of hydrogen-bond donors (Lipinski definition) is 0. The van der Waals surface area contributed by atoms with Crippen LogP contribution in [0, 0.1) is 6.92 Å². The van der Waals surface area contributed by atoms with E-state index in [0.29, 0.717) is 11.7 Å². The molecular weight excluding hydrogens is 184 g/mol. The van der Waals surface area contributed by atoms with Crippen LogP contribution in [-0.2, 0) is 4.79 Å². The zero-order chi connectivity index (χ0) is 11.3. The molecule has 1 atom stereocenters. The van der Waals surface area contributed by atoms with E-state index in [-0.39, 0.29) is 0 Å². The Morgan fingerprint density at radius 1 is 1.27 bits per heavy atom. The zero-order valence-corrected chi connectivity index (χ0v) is 9.92. The van der Waals surface area contributed by atoms with Crippen molar-refractivity contribution in [3.63, 3.8) is 0 Å². The molecule has 15 heavy (non-hydrogen) atoms. The van der Waals surface area contributed by atoms with Crippen LogP contribution >= 0.6 is 0 Å². The monoisotopic (exact) mass is 204 g/mol. The van der Waals surface area contributed by atoms with Crippen LogP contribution < -0.4 is 0 Å². The SMILES string of the molecule is CC(=O)CCCC(C)c1ccc(C)cc1. The molecule has 1 nitrogen and oxygen atoms in total. The topological polar surface area (TPSA) is 17.1 Å². The molecule has 0 aromatic heterocycles. The Labute approximate surface area is 92.5 Å². The molecule has 1 unspecified atom stereocenters. The lowest BCUT2D eigenvalue weighted by atomic mass is 9.94. The summed E-state index contributed by atoms with van der Waals surface area (Å²) >= 11 is 0. The van der Waals surface area contributed by atoms with Crippen LogP contribution in [0.2, 0.25) is 0 Å². The quantitative estimate of drug-likeness (QED) is 0.711. The van der Waals surface area contributed by atoms with Gasteiger partial charge in [0.1, 0.15) is 5.78 Å². The van der Waals surface area contributed by atoms with E-state index >= 15 is 0 Å². The molecule has 82 valence electrons. The first-order chi connectivity index (χ1) is 7.09. The lowest BCUT2D eigenvalue weighted by Crippen LogP contribution is -1.96. The maximum Gasteiger partial charge on any atom is 0.129 e. The molecule has 0 amide bonds. The van der Waals surface area contributed by atoms with Crippen molar-refractivity contribution in [2.75, 3.05) is 0 Å². The first kappa shape index (κ1) is 12.0. The van der Waals surface area contributed by atoms with Gasteiger partial charge in [0.05, 0.1) is 0 Å². The Morgan fingerprint density at radius 2 is 1.87 bits per heavy atom. The Balaban J connectivity index is 2.43. The molecule has 1 rings (SSSR count). The van der Waals surface area contributed by atoms with Crippen LogP contribution in [-0.4, -0.2) is 5.78 Å². The highest BCUT2D eigenvalue weighted by atomic mass is 16.1. The number of aryl methyl sites for hydroxylation is 1. The second-order valence-electron chi connectivity index (χ2n) is 4.41. The Bertz CT molecular complexity index is 311. The molecule has 0 saturated heterocycles. The van der Waals surface area contributed by atoms with Crippen molar-refractivity contribution in [2.24, 2.45) is 0 Å². The summed E-state index contributed by atoms with van der Waals surface area (Å²) in [6.45, 7) is 5.99. The second-order valence-corrected chi connectivity index (χ2v) is 4.41. The van der Waals surface area contributed by atoms with Crippen molar-refractivity contribution in [3.8, 4) is 0 Å². The van der Waals surface area contributed by atoms with E-state index in [0.717, 1.165) is 19.3 Å². The average molecular weight is 204 g/mol. The zero-order valence-electron chi connectivity index (χ0n) is 9.92. The fraction of sp³-hybridized carbons (Fsp3) is 0.500. The molecule has 0 aliphatic carbocycles. The molecule has 0 aliphatic rings. The molecule has 0 fully saturated rings. The lowest BCUT2D eigenvalue weighted by Gasteiger charge is -2.11. The van der Waals surface area contributed by atoms with Gasteiger partial charge in [0.25, 0.3) is 0 Å². The van der Waals surface area contributed by atoms with Gasteiger partial charge < -0.3 is 4.79 Å². The minimum absolute atomic E-state index is 0.297. The van der Waals surface area contributed by atoms with Crippen molar-refractivity contribution in [1.29, 1.82) is 0 Å². The number of carbonyl (C=O) groups is 1. The third kappa shape index (κ3) is 4.28. The number of ketones is 1. The second kappa shape index (κ2) is 5.69. The highest BCUT2D eigenvalue weighted by Crippen LogP contribution is 2.21. The molecule has 1 aromatic rings.